The van der Waals surface area contributed by atoms with Crippen molar-refractivity contribution in [2.24, 2.45) is 5.73 Å². The summed E-state index contributed by atoms with van der Waals surface area (Å²) >= 11 is 0. The van der Waals surface area contributed by atoms with E-state index in [9.17, 15) is 29.4 Å². The third-order valence-corrected chi connectivity index (χ3v) is 5.00. The van der Waals surface area contributed by atoms with Crippen LogP contribution in [0.5, 0.6) is 0 Å². The van der Waals surface area contributed by atoms with E-state index in [0.29, 0.717) is 12.0 Å². The Labute approximate surface area is 185 Å². The highest BCUT2D eigenvalue weighted by molar-refractivity contribution is 6.32. The summed E-state index contributed by atoms with van der Waals surface area (Å²) in [5.74, 6) is -5.09. The summed E-state index contributed by atoms with van der Waals surface area (Å²) in [4.78, 5) is 49.4. The molecule has 0 aliphatic carbocycles. The quantitative estimate of drug-likeness (QED) is 0.309. The second-order valence-corrected chi connectivity index (χ2v) is 7.28. The van der Waals surface area contributed by atoms with Crippen LogP contribution in [-0.2, 0) is 20.8 Å². The maximum atomic E-state index is 12.8. The number of nitrogens with zero attached hydrogens (tertiary/aromatic N) is 1. The number of carbonyl (C=O) groups is 4. The summed E-state index contributed by atoms with van der Waals surface area (Å²) in [6.45, 7) is 1.92. The van der Waals surface area contributed by atoms with Crippen LogP contribution in [-0.4, -0.2) is 51.1 Å². The minimum Gasteiger partial charge on any atom is -0.478 e. The average Bonchev–Trinajstić information content (AvgIpc) is 2.77. The van der Waals surface area contributed by atoms with E-state index < -0.39 is 36.0 Å². The largest absolute Gasteiger partial charge is 0.478 e. The second-order valence-electron chi connectivity index (χ2n) is 7.28. The summed E-state index contributed by atoms with van der Waals surface area (Å²) < 4.78 is 0. The second kappa shape index (κ2) is 11.5. The molecule has 0 saturated heterocycles. The Kier molecular flexibility index (Phi) is 8.76. The number of carboxylic acids is 2. The molecule has 0 fully saturated rings. The Morgan fingerprint density at radius 3 is 2.19 bits per heavy atom. The highest BCUT2D eigenvalue weighted by Gasteiger charge is 2.37. The molecule has 0 bridgehead atoms. The van der Waals surface area contributed by atoms with Crippen LogP contribution in [0.25, 0.3) is 0 Å². The van der Waals surface area contributed by atoms with Gasteiger partial charge < -0.3 is 26.2 Å². The Morgan fingerprint density at radius 1 is 1.00 bits per heavy atom. The van der Waals surface area contributed by atoms with Gasteiger partial charge in [0.25, 0.3) is 0 Å². The lowest BCUT2D eigenvalue weighted by molar-refractivity contribution is -0.159. The van der Waals surface area contributed by atoms with E-state index in [2.05, 4.69) is 5.32 Å². The first-order valence-corrected chi connectivity index (χ1v) is 10.2. The van der Waals surface area contributed by atoms with Crippen LogP contribution in [0.3, 0.4) is 0 Å². The summed E-state index contributed by atoms with van der Waals surface area (Å²) in [5.41, 5.74) is 6.46. The number of aliphatic carboxylic acids is 1. The fourth-order valence-electron chi connectivity index (χ4n) is 3.44. The number of benzene rings is 2. The van der Waals surface area contributed by atoms with Gasteiger partial charge in [0, 0.05) is 6.42 Å². The van der Waals surface area contributed by atoms with Gasteiger partial charge in [0.15, 0.2) is 0 Å². The molecule has 1 unspecified atom stereocenters. The van der Waals surface area contributed by atoms with Gasteiger partial charge in [0.1, 0.15) is 12.2 Å². The topological polar surface area (TPSA) is 150 Å². The molecule has 0 heterocycles. The zero-order valence-electron chi connectivity index (χ0n) is 17.7. The molecule has 170 valence electrons. The van der Waals surface area contributed by atoms with Crippen molar-refractivity contribution in [3.05, 3.63) is 65.7 Å². The van der Waals surface area contributed by atoms with Crippen molar-refractivity contribution in [1.29, 1.82) is 0 Å². The molecule has 0 aromatic heterocycles. The number of hydrogen-bond acceptors (Lipinski definition) is 5. The lowest BCUT2D eigenvalue weighted by Gasteiger charge is -2.37. The maximum Gasteiger partial charge on any atom is 0.394 e. The van der Waals surface area contributed by atoms with Gasteiger partial charge in [-0.2, -0.15) is 0 Å². The highest BCUT2D eigenvalue weighted by atomic mass is 16.4. The summed E-state index contributed by atoms with van der Waals surface area (Å²) in [6, 6.07) is 13.6. The fraction of sp³-hybridized carbons (Fsp3) is 0.304. The molecule has 32 heavy (non-hydrogen) atoms. The third-order valence-electron chi connectivity index (χ3n) is 5.00. The van der Waals surface area contributed by atoms with Crippen molar-refractivity contribution in [1.82, 2.24) is 4.90 Å². The van der Waals surface area contributed by atoms with Crippen LogP contribution in [0.4, 0.5) is 5.69 Å². The Morgan fingerprint density at radius 2 is 1.62 bits per heavy atom. The van der Waals surface area contributed by atoms with Crippen molar-refractivity contribution in [3.8, 4) is 0 Å². The molecule has 9 heteroatoms. The number of nitrogens with one attached hydrogen (secondary N) is 1. The van der Waals surface area contributed by atoms with E-state index in [1.165, 1.54) is 12.1 Å². The first-order chi connectivity index (χ1) is 15.3. The molecule has 0 saturated carbocycles. The van der Waals surface area contributed by atoms with Gasteiger partial charge in [-0.1, -0.05) is 55.8 Å². The normalized spacial score (nSPS) is 12.4. The number of unbranched alkanes of at least 4 members (excludes halogenated alkanes) is 1. The van der Waals surface area contributed by atoms with Gasteiger partial charge in [0.05, 0.1) is 11.3 Å². The summed E-state index contributed by atoms with van der Waals surface area (Å²) in [5, 5.41) is 21.9. The zero-order valence-corrected chi connectivity index (χ0v) is 17.7. The molecule has 2 rings (SSSR count). The molecule has 2 atom stereocenters. The number of nitrogens with two attached hydrogens (primary N) is 1. The first-order valence-electron chi connectivity index (χ1n) is 10.2. The molecule has 9 nitrogen and oxygen atoms in total. The molecule has 0 radical (unpaired) electrons. The third kappa shape index (κ3) is 6.31. The number of carboxylic acid groups (broad SMARTS) is 2. The van der Waals surface area contributed by atoms with E-state index in [1.807, 2.05) is 6.92 Å². The van der Waals surface area contributed by atoms with E-state index in [4.69, 9.17) is 5.73 Å². The molecular weight excluding hydrogens is 414 g/mol. The molecule has 0 aliphatic rings. The lowest BCUT2D eigenvalue weighted by atomic mass is 10.0. The Balaban J connectivity index is 2.52. The van der Waals surface area contributed by atoms with Crippen LogP contribution in [0.15, 0.2) is 54.6 Å². The number of carbonyl (C=O) groups excluding carboxylic acids is 2. The smallest absolute Gasteiger partial charge is 0.394 e. The Bertz CT molecular complexity index is 963. The zero-order chi connectivity index (χ0) is 23.7. The Hall–Kier alpha value is -3.88. The van der Waals surface area contributed by atoms with Crippen LogP contribution < -0.4 is 11.1 Å². The molecule has 0 spiro atoms. The minimum atomic E-state index is -1.74. The predicted molar refractivity (Wildman–Crippen MR) is 118 cm³/mol. The fourth-order valence-corrected chi connectivity index (χ4v) is 3.44. The summed E-state index contributed by atoms with van der Waals surface area (Å²) in [6.07, 6.45) is 0.642. The van der Waals surface area contributed by atoms with Crippen molar-refractivity contribution in [3.63, 3.8) is 0 Å². The monoisotopic (exact) mass is 441 g/mol. The minimum absolute atomic E-state index is 0.0140. The number of hydrogen-bond donors (Lipinski definition) is 4. The van der Waals surface area contributed by atoms with E-state index in [1.54, 1.807) is 42.5 Å². The number of para-hydroxylation sites is 1. The van der Waals surface area contributed by atoms with Gasteiger partial charge in [-0.25, -0.2) is 9.59 Å². The molecule has 2 amide bonds. The number of anilines is 1. The van der Waals surface area contributed by atoms with Crippen molar-refractivity contribution in [2.75, 3.05) is 5.32 Å². The van der Waals surface area contributed by atoms with Crippen LogP contribution in [0.1, 0.15) is 42.1 Å². The summed E-state index contributed by atoms with van der Waals surface area (Å²) in [7, 11) is 0. The van der Waals surface area contributed by atoms with Gasteiger partial charge in [-0.3, -0.25) is 9.59 Å². The van der Waals surface area contributed by atoms with Crippen LogP contribution in [0, 0.1) is 0 Å². The van der Waals surface area contributed by atoms with Crippen LogP contribution >= 0.6 is 0 Å². The van der Waals surface area contributed by atoms with Gasteiger partial charge in [0.2, 0.25) is 5.91 Å². The molecule has 2 aromatic rings. The van der Waals surface area contributed by atoms with Crippen molar-refractivity contribution >= 4 is 29.4 Å². The molecule has 0 aliphatic heterocycles. The van der Waals surface area contributed by atoms with Gasteiger partial charge in [-0.15, -0.1) is 0 Å². The SMILES string of the molecule is CCCCC(Nc1ccccc1C(=O)O)N(C(=O)C(=O)O)[C@@H](Cc1ccccc1)C(N)=O. The highest BCUT2D eigenvalue weighted by Crippen LogP contribution is 2.22. The van der Waals surface area contributed by atoms with Crippen LogP contribution in [0.2, 0.25) is 0 Å². The van der Waals surface area contributed by atoms with Crippen molar-refractivity contribution < 1.29 is 29.4 Å². The average molecular weight is 441 g/mol. The number of primary amides is 1. The van der Waals surface area contributed by atoms with E-state index >= 15 is 0 Å². The van der Waals surface area contributed by atoms with Gasteiger partial charge in [-0.05, 0) is 30.5 Å². The molecular formula is C23H27N3O6. The molecule has 2 aromatic carbocycles. The number of aromatic carboxylic acids is 1. The molecule has 5 N–H and O–H groups in total. The van der Waals surface area contributed by atoms with E-state index in [-0.39, 0.29) is 24.1 Å². The predicted octanol–water partition coefficient (Wildman–Crippen LogP) is 2.32. The number of rotatable bonds is 11. The lowest BCUT2D eigenvalue weighted by Crippen LogP contribution is -2.58. The van der Waals surface area contributed by atoms with Crippen molar-refractivity contribution in [2.45, 2.75) is 44.8 Å². The maximum absolute atomic E-state index is 12.8. The first kappa shape index (κ1) is 24.4. The van der Waals surface area contributed by atoms with Gasteiger partial charge >= 0.3 is 17.8 Å². The number of amides is 2. The van der Waals surface area contributed by atoms with E-state index in [0.717, 1.165) is 11.3 Å². The standard InChI is InChI=1S/C23H27N3O6/c1-2-3-13-19(25-17-12-8-7-11-16(17)22(29)30)26(21(28)23(31)32)18(20(24)27)14-15-9-5-4-6-10-15/h4-12,18-19,25H,2-3,13-14H2,1H3,(H2,24,27)(H,29,30)(H,31,32)/t18-,19?/m0/s1.